The smallest absolute Gasteiger partial charge is 0.491 e. The Labute approximate surface area is 239 Å². The summed E-state index contributed by atoms with van der Waals surface area (Å²) in [5, 5.41) is 10.6. The number of rotatable bonds is 9. The number of carbonyl (C=O) groups is 3. The highest BCUT2D eigenvalue weighted by atomic mass is 16.8. The Morgan fingerprint density at radius 1 is 1.02 bits per heavy atom. The van der Waals surface area contributed by atoms with E-state index in [4.69, 9.17) is 30.1 Å². The lowest BCUT2D eigenvalue weighted by Crippen LogP contribution is -2.31. The van der Waals surface area contributed by atoms with Crippen molar-refractivity contribution in [2.75, 3.05) is 6.61 Å². The number of carbonyl (C=O) groups excluding carboxylic acids is 3. The van der Waals surface area contributed by atoms with Gasteiger partial charge < -0.3 is 30.0 Å². The first-order valence-corrected chi connectivity index (χ1v) is 14.4. The van der Waals surface area contributed by atoms with Crippen molar-refractivity contribution < 1.29 is 33.3 Å². The number of fused-ring (bicyclic) bond motifs is 3. The van der Waals surface area contributed by atoms with E-state index in [0.29, 0.717) is 6.42 Å². The van der Waals surface area contributed by atoms with Crippen LogP contribution in [-0.2, 0) is 36.6 Å². The van der Waals surface area contributed by atoms with Gasteiger partial charge >= 0.3 is 12.1 Å². The van der Waals surface area contributed by atoms with Gasteiger partial charge in [-0.3, -0.25) is 15.0 Å². The molecule has 10 heteroatoms. The summed E-state index contributed by atoms with van der Waals surface area (Å²) < 4.78 is 21.6. The monoisotopic (exact) mass is 563 g/mol. The fourth-order valence-corrected chi connectivity index (χ4v) is 5.88. The van der Waals surface area contributed by atoms with Crippen molar-refractivity contribution in [3.63, 3.8) is 0 Å². The third-order valence-electron chi connectivity index (χ3n) is 7.97. The maximum atomic E-state index is 12.5. The first-order chi connectivity index (χ1) is 19.7. The number of amidine groups is 1. The molecule has 0 radical (unpaired) electrons. The molecule has 10 nitrogen and oxygen atoms in total. The third-order valence-corrected chi connectivity index (χ3v) is 7.97. The van der Waals surface area contributed by atoms with Gasteiger partial charge in [0.2, 0.25) is 12.2 Å². The van der Waals surface area contributed by atoms with Gasteiger partial charge in [-0.05, 0) is 85.4 Å². The summed E-state index contributed by atoms with van der Waals surface area (Å²) >= 11 is 0. The first kappa shape index (κ1) is 28.4. The molecular formula is C31H37N3O7. The molecule has 0 bridgehead atoms. The van der Waals surface area contributed by atoms with E-state index >= 15 is 0 Å². The van der Waals surface area contributed by atoms with Crippen molar-refractivity contribution in [1.82, 2.24) is 5.32 Å². The van der Waals surface area contributed by atoms with Gasteiger partial charge in [0.15, 0.2) is 0 Å². The molecule has 3 aliphatic rings. The Morgan fingerprint density at radius 3 is 2.46 bits per heavy atom. The molecule has 2 fully saturated rings. The SMILES string of the molecule is CC(OC(=O)C[C@@H]1C[C@@H](COc2ccc3c(c2)CCc2cc(C(=N)N)ccc2-3)NC1=O)OC(=O)OC1CCCCC1. The minimum absolute atomic E-state index is 0.0655. The first-order valence-electron chi connectivity index (χ1n) is 14.4. The van der Waals surface area contributed by atoms with E-state index in [0.717, 1.165) is 67.4 Å². The van der Waals surface area contributed by atoms with E-state index in [1.165, 1.54) is 18.1 Å². The fraction of sp³-hybridized carbons (Fsp3) is 0.484. The maximum absolute atomic E-state index is 12.5. The minimum atomic E-state index is -1.10. The van der Waals surface area contributed by atoms with Crippen LogP contribution in [0.5, 0.6) is 5.75 Å². The molecule has 1 aliphatic heterocycles. The van der Waals surface area contributed by atoms with E-state index < -0.39 is 24.3 Å². The van der Waals surface area contributed by atoms with Crippen LogP contribution in [0.15, 0.2) is 36.4 Å². The Hall–Kier alpha value is -4.08. The zero-order valence-electron chi connectivity index (χ0n) is 23.3. The number of esters is 1. The van der Waals surface area contributed by atoms with Crippen molar-refractivity contribution >= 4 is 23.9 Å². The van der Waals surface area contributed by atoms with E-state index in [-0.39, 0.29) is 36.9 Å². The summed E-state index contributed by atoms with van der Waals surface area (Å²) in [6, 6.07) is 11.6. The Balaban J connectivity index is 1.07. The summed E-state index contributed by atoms with van der Waals surface area (Å²) in [4.78, 5) is 36.9. The van der Waals surface area contributed by atoms with Crippen molar-refractivity contribution in [1.29, 1.82) is 5.41 Å². The van der Waals surface area contributed by atoms with Crippen LogP contribution in [0.2, 0.25) is 0 Å². The van der Waals surface area contributed by atoms with E-state index in [2.05, 4.69) is 5.32 Å². The maximum Gasteiger partial charge on any atom is 0.511 e. The van der Waals surface area contributed by atoms with Gasteiger partial charge in [-0.2, -0.15) is 0 Å². The molecule has 1 saturated carbocycles. The van der Waals surface area contributed by atoms with E-state index in [1.807, 2.05) is 36.4 Å². The number of hydrogen-bond donors (Lipinski definition) is 3. The molecule has 2 aromatic carbocycles. The lowest BCUT2D eigenvalue weighted by Gasteiger charge is -2.22. The molecule has 1 amide bonds. The molecule has 5 rings (SSSR count). The topological polar surface area (TPSA) is 150 Å². The molecule has 218 valence electrons. The molecule has 4 N–H and O–H groups in total. The second-order valence-electron chi connectivity index (χ2n) is 11.1. The van der Waals surface area contributed by atoms with Gasteiger partial charge in [-0.1, -0.05) is 24.6 Å². The molecule has 2 aromatic rings. The highest BCUT2D eigenvalue weighted by Gasteiger charge is 2.35. The van der Waals surface area contributed by atoms with Gasteiger partial charge in [0.05, 0.1) is 18.4 Å². The molecule has 0 spiro atoms. The van der Waals surface area contributed by atoms with Crippen molar-refractivity contribution in [3.05, 3.63) is 53.1 Å². The second kappa shape index (κ2) is 12.6. The van der Waals surface area contributed by atoms with Crippen LogP contribution in [0.3, 0.4) is 0 Å². The molecule has 41 heavy (non-hydrogen) atoms. The Morgan fingerprint density at radius 2 is 1.73 bits per heavy atom. The molecule has 1 heterocycles. The van der Waals surface area contributed by atoms with Crippen LogP contribution in [0.1, 0.15) is 68.6 Å². The summed E-state index contributed by atoms with van der Waals surface area (Å²) in [5.74, 6) is -0.605. The lowest BCUT2D eigenvalue weighted by molar-refractivity contribution is -0.170. The largest absolute Gasteiger partial charge is 0.511 e. The Kier molecular flexibility index (Phi) is 8.75. The highest BCUT2D eigenvalue weighted by Crippen LogP contribution is 2.36. The van der Waals surface area contributed by atoms with Crippen LogP contribution in [0, 0.1) is 11.3 Å². The Bertz CT molecular complexity index is 1320. The molecule has 2 aliphatic carbocycles. The molecule has 3 atom stereocenters. The summed E-state index contributed by atoms with van der Waals surface area (Å²) in [5.41, 5.74) is 11.0. The predicted octanol–water partition coefficient (Wildman–Crippen LogP) is 4.38. The summed E-state index contributed by atoms with van der Waals surface area (Å²) in [7, 11) is 0. The average Bonchev–Trinajstić information content (AvgIpc) is 3.29. The second-order valence-corrected chi connectivity index (χ2v) is 11.1. The molecule has 1 unspecified atom stereocenters. The standard InChI is InChI=1S/C31H37N3O7/c1-18(40-31(37)41-24-5-3-2-4-6-24)39-28(35)16-22-14-23(34-30(22)36)17-38-25-10-12-27-20(15-25)8-7-19-13-21(29(32)33)9-11-26(19)27/h9-13,15,18,22-24H,2-8,14,16-17H2,1H3,(H3,32,33)(H,34,36)/t18?,22-,23-/m0/s1. The van der Waals surface area contributed by atoms with E-state index in [1.54, 1.807) is 0 Å². The van der Waals surface area contributed by atoms with Crippen LogP contribution in [-0.4, -0.2) is 48.9 Å². The predicted molar refractivity (Wildman–Crippen MR) is 150 cm³/mol. The van der Waals surface area contributed by atoms with Crippen LogP contribution in [0.25, 0.3) is 11.1 Å². The van der Waals surface area contributed by atoms with Crippen LogP contribution >= 0.6 is 0 Å². The normalized spacial score (nSPS) is 20.7. The molecule has 1 saturated heterocycles. The zero-order valence-corrected chi connectivity index (χ0v) is 23.3. The summed E-state index contributed by atoms with van der Waals surface area (Å²) in [6.07, 6.45) is 4.74. The van der Waals surface area contributed by atoms with Gasteiger partial charge in [0.1, 0.15) is 24.3 Å². The minimum Gasteiger partial charge on any atom is -0.491 e. The fourth-order valence-electron chi connectivity index (χ4n) is 5.88. The number of amides is 1. The van der Waals surface area contributed by atoms with Crippen molar-refractivity contribution in [2.45, 2.75) is 83.1 Å². The number of aryl methyl sites for hydroxylation is 2. The number of hydrogen-bond acceptors (Lipinski definition) is 8. The molecular weight excluding hydrogens is 526 g/mol. The average molecular weight is 564 g/mol. The third kappa shape index (κ3) is 7.17. The van der Waals surface area contributed by atoms with Crippen LogP contribution < -0.4 is 15.8 Å². The quantitative estimate of drug-likeness (QED) is 0.176. The zero-order chi connectivity index (χ0) is 28.9. The lowest BCUT2D eigenvalue weighted by atomic mass is 9.84. The van der Waals surface area contributed by atoms with Crippen LogP contribution in [0.4, 0.5) is 4.79 Å². The summed E-state index contributed by atoms with van der Waals surface area (Å²) in [6.45, 7) is 1.73. The number of ether oxygens (including phenoxy) is 4. The van der Waals surface area contributed by atoms with Gasteiger partial charge in [-0.15, -0.1) is 0 Å². The number of benzene rings is 2. The number of nitrogens with two attached hydrogens (primary N) is 1. The number of nitrogens with one attached hydrogen (secondary N) is 2. The van der Waals surface area contributed by atoms with Crippen molar-refractivity contribution in [2.24, 2.45) is 11.7 Å². The van der Waals surface area contributed by atoms with Gasteiger partial charge in [0, 0.05) is 12.5 Å². The van der Waals surface area contributed by atoms with Crippen molar-refractivity contribution in [3.8, 4) is 16.9 Å². The number of nitrogen functional groups attached to an aromatic ring is 1. The van der Waals surface area contributed by atoms with Gasteiger partial charge in [0.25, 0.3) is 0 Å². The molecule has 0 aromatic heterocycles. The highest BCUT2D eigenvalue weighted by molar-refractivity contribution is 5.96. The van der Waals surface area contributed by atoms with Gasteiger partial charge in [-0.25, -0.2) is 4.79 Å². The van der Waals surface area contributed by atoms with E-state index in [9.17, 15) is 14.4 Å².